The summed E-state index contributed by atoms with van der Waals surface area (Å²) in [5, 5.41) is 7.74. The highest BCUT2D eigenvalue weighted by atomic mass is 32.1. The Morgan fingerprint density at radius 2 is 2.00 bits per heavy atom. The summed E-state index contributed by atoms with van der Waals surface area (Å²) in [7, 11) is 0. The average Bonchev–Trinajstić information content (AvgIpc) is 3.41. The van der Waals surface area contributed by atoms with Crippen molar-refractivity contribution in [2.45, 2.75) is 26.2 Å². The standard InChI is InChI=1S/C21H27N3O3S/c1-2-27-13-6-10-22-20(25)17-15-16(23-21(26)19-7-5-14-28-19)8-9-18(17)24-11-3-4-12-24/h5,7-9,14-15H,2-4,6,10-13H2,1H3,(H,22,25)(H,23,26). The van der Waals surface area contributed by atoms with Crippen LogP contribution in [0, 0.1) is 0 Å². The lowest BCUT2D eigenvalue weighted by atomic mass is 10.1. The Hall–Kier alpha value is -2.38. The zero-order valence-corrected chi connectivity index (χ0v) is 17.0. The Kier molecular flexibility index (Phi) is 7.45. The molecule has 1 aliphatic rings. The summed E-state index contributed by atoms with van der Waals surface area (Å²) >= 11 is 1.39. The van der Waals surface area contributed by atoms with E-state index in [0.29, 0.717) is 35.9 Å². The Morgan fingerprint density at radius 3 is 2.71 bits per heavy atom. The molecule has 2 N–H and O–H groups in total. The predicted molar refractivity (Wildman–Crippen MR) is 114 cm³/mol. The van der Waals surface area contributed by atoms with Crippen molar-refractivity contribution in [2.24, 2.45) is 0 Å². The van der Waals surface area contributed by atoms with Crippen molar-refractivity contribution in [1.29, 1.82) is 0 Å². The number of nitrogens with one attached hydrogen (secondary N) is 2. The van der Waals surface area contributed by atoms with Crippen molar-refractivity contribution in [3.05, 3.63) is 46.2 Å². The zero-order chi connectivity index (χ0) is 19.8. The van der Waals surface area contributed by atoms with Crippen LogP contribution in [0.2, 0.25) is 0 Å². The highest BCUT2D eigenvalue weighted by molar-refractivity contribution is 7.12. The minimum Gasteiger partial charge on any atom is -0.382 e. The largest absolute Gasteiger partial charge is 0.382 e. The van der Waals surface area contributed by atoms with Gasteiger partial charge in [0, 0.05) is 44.2 Å². The van der Waals surface area contributed by atoms with Crippen molar-refractivity contribution in [2.75, 3.05) is 43.1 Å². The molecule has 2 aromatic rings. The Morgan fingerprint density at radius 1 is 1.18 bits per heavy atom. The minimum atomic E-state index is -0.160. The maximum absolute atomic E-state index is 12.8. The van der Waals surface area contributed by atoms with Gasteiger partial charge >= 0.3 is 0 Å². The summed E-state index contributed by atoms with van der Waals surface area (Å²) < 4.78 is 5.32. The van der Waals surface area contributed by atoms with Gasteiger partial charge in [-0.15, -0.1) is 11.3 Å². The minimum absolute atomic E-state index is 0.120. The number of ether oxygens (including phenoxy) is 1. The van der Waals surface area contributed by atoms with E-state index in [4.69, 9.17) is 4.74 Å². The topological polar surface area (TPSA) is 70.7 Å². The van der Waals surface area contributed by atoms with E-state index in [1.807, 2.05) is 30.5 Å². The second-order valence-corrected chi connectivity index (χ2v) is 7.61. The molecule has 1 aromatic heterocycles. The number of nitrogens with zero attached hydrogens (tertiary/aromatic N) is 1. The Balaban J connectivity index is 1.73. The molecule has 2 heterocycles. The Bertz CT molecular complexity index is 786. The van der Waals surface area contributed by atoms with Crippen LogP contribution < -0.4 is 15.5 Å². The molecule has 1 saturated heterocycles. The van der Waals surface area contributed by atoms with Crippen LogP contribution in [0.3, 0.4) is 0 Å². The van der Waals surface area contributed by atoms with E-state index in [2.05, 4.69) is 15.5 Å². The van der Waals surface area contributed by atoms with E-state index in [1.165, 1.54) is 11.3 Å². The zero-order valence-electron chi connectivity index (χ0n) is 16.2. The van der Waals surface area contributed by atoms with Crippen LogP contribution >= 0.6 is 11.3 Å². The molecule has 0 bridgehead atoms. The summed E-state index contributed by atoms with van der Waals surface area (Å²) in [5.41, 5.74) is 2.15. The number of anilines is 2. The fourth-order valence-corrected chi connectivity index (χ4v) is 3.86. The lowest BCUT2D eigenvalue weighted by Crippen LogP contribution is -2.29. The molecule has 3 rings (SSSR count). The van der Waals surface area contributed by atoms with Gasteiger partial charge < -0.3 is 20.3 Å². The van der Waals surface area contributed by atoms with Crippen LogP contribution in [0.1, 0.15) is 46.2 Å². The summed E-state index contributed by atoms with van der Waals surface area (Å²) in [6, 6.07) is 9.20. The number of rotatable bonds is 9. The molecule has 1 aliphatic heterocycles. The van der Waals surface area contributed by atoms with E-state index in [-0.39, 0.29) is 11.8 Å². The van der Waals surface area contributed by atoms with Gasteiger partial charge in [0.25, 0.3) is 11.8 Å². The third kappa shape index (κ3) is 5.33. The van der Waals surface area contributed by atoms with E-state index in [0.717, 1.165) is 38.0 Å². The molecule has 1 fully saturated rings. The molecule has 6 nitrogen and oxygen atoms in total. The van der Waals surface area contributed by atoms with Crippen LogP contribution in [-0.2, 0) is 4.74 Å². The third-order valence-corrected chi connectivity index (χ3v) is 5.51. The summed E-state index contributed by atoms with van der Waals surface area (Å²) in [6.07, 6.45) is 3.03. The molecule has 7 heteroatoms. The van der Waals surface area contributed by atoms with E-state index in [9.17, 15) is 9.59 Å². The first-order chi connectivity index (χ1) is 13.7. The molecule has 0 saturated carbocycles. The summed E-state index contributed by atoms with van der Waals surface area (Å²) in [4.78, 5) is 28.1. The maximum Gasteiger partial charge on any atom is 0.265 e. The molecule has 0 spiro atoms. The lowest BCUT2D eigenvalue weighted by Gasteiger charge is -2.22. The van der Waals surface area contributed by atoms with Gasteiger partial charge in [0.2, 0.25) is 0 Å². The first-order valence-corrected chi connectivity index (χ1v) is 10.7. The highest BCUT2D eigenvalue weighted by Crippen LogP contribution is 2.28. The normalized spacial score (nSPS) is 13.5. The quantitative estimate of drug-likeness (QED) is 0.628. The lowest BCUT2D eigenvalue weighted by molar-refractivity contribution is 0.0943. The molecule has 28 heavy (non-hydrogen) atoms. The van der Waals surface area contributed by atoms with Gasteiger partial charge in [-0.25, -0.2) is 0 Å². The molecule has 0 unspecified atom stereocenters. The molecular formula is C21H27N3O3S. The number of amides is 2. The van der Waals surface area contributed by atoms with E-state index in [1.54, 1.807) is 12.1 Å². The fraction of sp³-hybridized carbons (Fsp3) is 0.429. The number of thiophene rings is 1. The van der Waals surface area contributed by atoms with E-state index >= 15 is 0 Å². The van der Waals surface area contributed by atoms with Gasteiger partial charge in [-0.1, -0.05) is 6.07 Å². The number of carbonyl (C=O) groups excluding carboxylic acids is 2. The number of benzene rings is 1. The van der Waals surface area contributed by atoms with Gasteiger partial charge in [0.15, 0.2) is 0 Å². The van der Waals surface area contributed by atoms with Gasteiger partial charge in [0.1, 0.15) is 0 Å². The van der Waals surface area contributed by atoms with Crippen LogP contribution in [0.15, 0.2) is 35.7 Å². The molecule has 0 atom stereocenters. The van der Waals surface area contributed by atoms with Crippen LogP contribution in [-0.4, -0.2) is 44.7 Å². The third-order valence-electron chi connectivity index (χ3n) is 4.65. The van der Waals surface area contributed by atoms with Crippen molar-refractivity contribution in [3.63, 3.8) is 0 Å². The van der Waals surface area contributed by atoms with Crippen LogP contribution in [0.5, 0.6) is 0 Å². The predicted octanol–water partition coefficient (Wildman–Crippen LogP) is 3.76. The summed E-state index contributed by atoms with van der Waals surface area (Å²) in [6.45, 7) is 5.73. The van der Waals surface area contributed by atoms with Gasteiger partial charge in [-0.2, -0.15) is 0 Å². The van der Waals surface area contributed by atoms with Crippen molar-refractivity contribution in [3.8, 4) is 0 Å². The second-order valence-electron chi connectivity index (χ2n) is 6.66. The van der Waals surface area contributed by atoms with Crippen LogP contribution in [0.4, 0.5) is 11.4 Å². The first kappa shape index (κ1) is 20.4. The van der Waals surface area contributed by atoms with E-state index < -0.39 is 0 Å². The monoisotopic (exact) mass is 401 g/mol. The summed E-state index contributed by atoms with van der Waals surface area (Å²) in [5.74, 6) is -0.280. The molecule has 2 amide bonds. The fourth-order valence-electron chi connectivity index (χ4n) is 3.25. The maximum atomic E-state index is 12.8. The van der Waals surface area contributed by atoms with Crippen molar-refractivity contribution < 1.29 is 14.3 Å². The van der Waals surface area contributed by atoms with Crippen molar-refractivity contribution in [1.82, 2.24) is 5.32 Å². The average molecular weight is 402 g/mol. The van der Waals surface area contributed by atoms with Crippen molar-refractivity contribution >= 4 is 34.5 Å². The molecule has 150 valence electrons. The number of hydrogen-bond acceptors (Lipinski definition) is 5. The Labute approximate surface area is 169 Å². The van der Waals surface area contributed by atoms with Crippen LogP contribution in [0.25, 0.3) is 0 Å². The molecule has 0 aliphatic carbocycles. The van der Waals surface area contributed by atoms with Gasteiger partial charge in [0.05, 0.1) is 10.4 Å². The van der Waals surface area contributed by atoms with Gasteiger partial charge in [-0.05, 0) is 55.8 Å². The highest BCUT2D eigenvalue weighted by Gasteiger charge is 2.20. The van der Waals surface area contributed by atoms with Gasteiger partial charge in [-0.3, -0.25) is 9.59 Å². The molecular weight excluding hydrogens is 374 g/mol. The smallest absolute Gasteiger partial charge is 0.265 e. The number of carbonyl (C=O) groups is 2. The molecule has 0 radical (unpaired) electrons. The SMILES string of the molecule is CCOCCCNC(=O)c1cc(NC(=O)c2cccs2)ccc1N1CCCC1. The number of hydrogen-bond donors (Lipinski definition) is 2. The molecule has 1 aromatic carbocycles. The first-order valence-electron chi connectivity index (χ1n) is 9.79. The second kappa shape index (κ2) is 10.2.